The molecule has 3 fully saturated rings. The molecule has 0 amide bonds. The predicted molar refractivity (Wildman–Crippen MR) is 70.5 cm³/mol. The van der Waals surface area contributed by atoms with Crippen molar-refractivity contribution < 1.29 is 9.53 Å². The van der Waals surface area contributed by atoms with Gasteiger partial charge in [0.1, 0.15) is 5.78 Å². The highest BCUT2D eigenvalue weighted by Crippen LogP contribution is 2.32. The fraction of sp³-hybridized carbons (Fsp3) is 0.933. The van der Waals surface area contributed by atoms with Gasteiger partial charge in [0.15, 0.2) is 0 Å². The molecule has 2 aliphatic heterocycles. The molecule has 1 saturated carbocycles. The summed E-state index contributed by atoms with van der Waals surface area (Å²) < 4.78 is 5.70. The largest absolute Gasteiger partial charge is 0.381 e. The number of ketones is 1. The molecular weight excluding hydrogens is 226 g/mol. The smallest absolute Gasteiger partial charge is 0.136 e. The number of ether oxygens (including phenoxy) is 1. The predicted octanol–water partition coefficient (Wildman–Crippen LogP) is 2.39. The summed E-state index contributed by atoms with van der Waals surface area (Å²) in [5.41, 5.74) is 0. The molecule has 3 aliphatic rings. The zero-order valence-corrected chi connectivity index (χ0v) is 11.3. The first-order valence-corrected chi connectivity index (χ1v) is 7.68. The fourth-order valence-corrected chi connectivity index (χ4v) is 3.52. The van der Waals surface area contributed by atoms with E-state index in [1.807, 2.05) is 0 Å². The Balaban J connectivity index is 1.39. The summed E-state index contributed by atoms with van der Waals surface area (Å²) >= 11 is 0. The Bertz CT molecular complexity index is 285. The molecule has 2 saturated heterocycles. The summed E-state index contributed by atoms with van der Waals surface area (Å²) in [7, 11) is 0. The number of carbonyl (C=O) groups excluding carboxylic acids is 1. The van der Waals surface area contributed by atoms with Crippen LogP contribution in [0, 0.1) is 5.92 Å². The highest BCUT2D eigenvalue weighted by Gasteiger charge is 2.36. The molecular formula is C15H25NO2. The summed E-state index contributed by atoms with van der Waals surface area (Å²) in [6.07, 6.45) is 9.26. The minimum Gasteiger partial charge on any atom is -0.381 e. The molecule has 2 atom stereocenters. The molecule has 0 radical (unpaired) electrons. The van der Waals surface area contributed by atoms with Crippen molar-refractivity contribution in [2.75, 3.05) is 19.8 Å². The van der Waals surface area contributed by atoms with Crippen LogP contribution in [0.4, 0.5) is 0 Å². The topological polar surface area (TPSA) is 29.5 Å². The Kier molecular flexibility index (Phi) is 4.00. The van der Waals surface area contributed by atoms with Gasteiger partial charge in [0.2, 0.25) is 0 Å². The summed E-state index contributed by atoms with van der Waals surface area (Å²) in [5.74, 6) is 1.36. The second-order valence-electron chi connectivity index (χ2n) is 6.30. The lowest BCUT2D eigenvalue weighted by atomic mass is 9.84. The van der Waals surface area contributed by atoms with Crippen LogP contribution in [0.25, 0.3) is 0 Å². The van der Waals surface area contributed by atoms with Gasteiger partial charge in [0.25, 0.3) is 0 Å². The lowest BCUT2D eigenvalue weighted by Crippen LogP contribution is -2.52. The van der Waals surface area contributed by atoms with E-state index in [2.05, 4.69) is 4.90 Å². The molecule has 3 heteroatoms. The van der Waals surface area contributed by atoms with E-state index in [0.29, 0.717) is 17.9 Å². The van der Waals surface area contributed by atoms with Crippen molar-refractivity contribution in [1.29, 1.82) is 0 Å². The minimum absolute atomic E-state index is 0.492. The molecule has 0 N–H and O–H groups in total. The fourth-order valence-electron chi connectivity index (χ4n) is 3.52. The zero-order chi connectivity index (χ0) is 12.4. The average Bonchev–Trinajstić information content (AvgIpc) is 3.13. The number of nitrogens with zero attached hydrogens (tertiary/aromatic N) is 1. The average molecular weight is 251 g/mol. The Morgan fingerprint density at radius 1 is 1.11 bits per heavy atom. The molecule has 0 aromatic carbocycles. The maximum atomic E-state index is 11.6. The first-order chi connectivity index (χ1) is 8.83. The third-order valence-corrected chi connectivity index (χ3v) is 4.69. The van der Waals surface area contributed by atoms with Crippen LogP contribution >= 0.6 is 0 Å². The lowest BCUT2D eigenvalue weighted by molar-refractivity contribution is -0.127. The molecule has 2 heterocycles. The van der Waals surface area contributed by atoms with Crippen molar-refractivity contribution in [1.82, 2.24) is 4.90 Å². The first-order valence-electron chi connectivity index (χ1n) is 7.68. The minimum atomic E-state index is 0.492. The molecule has 102 valence electrons. The van der Waals surface area contributed by atoms with Crippen molar-refractivity contribution in [3.8, 4) is 0 Å². The van der Waals surface area contributed by atoms with Crippen LogP contribution in [0.2, 0.25) is 0 Å². The highest BCUT2D eigenvalue weighted by molar-refractivity contribution is 5.80. The maximum Gasteiger partial charge on any atom is 0.136 e. The van der Waals surface area contributed by atoms with E-state index < -0.39 is 0 Å². The van der Waals surface area contributed by atoms with Gasteiger partial charge in [-0.15, -0.1) is 0 Å². The Labute approximate surface area is 110 Å². The molecule has 3 nitrogen and oxygen atoms in total. The van der Waals surface area contributed by atoms with E-state index in [0.717, 1.165) is 44.9 Å². The highest BCUT2D eigenvalue weighted by atomic mass is 16.5. The maximum absolute atomic E-state index is 11.6. The number of Topliss-reactive ketones (excluding diaryl/α,β-unsaturated/α-hetero) is 1. The Morgan fingerprint density at radius 3 is 2.50 bits per heavy atom. The van der Waals surface area contributed by atoms with Crippen LogP contribution in [0.15, 0.2) is 0 Å². The van der Waals surface area contributed by atoms with Gasteiger partial charge in [-0.2, -0.15) is 0 Å². The van der Waals surface area contributed by atoms with E-state index in [1.54, 1.807) is 0 Å². The van der Waals surface area contributed by atoms with Crippen LogP contribution in [0.5, 0.6) is 0 Å². The monoisotopic (exact) mass is 251 g/mol. The summed E-state index contributed by atoms with van der Waals surface area (Å²) in [6.45, 7) is 3.01. The van der Waals surface area contributed by atoms with E-state index in [1.165, 1.54) is 32.1 Å². The van der Waals surface area contributed by atoms with Crippen LogP contribution in [-0.4, -0.2) is 42.5 Å². The van der Waals surface area contributed by atoms with Gasteiger partial charge >= 0.3 is 0 Å². The number of rotatable bonds is 6. The van der Waals surface area contributed by atoms with Crippen LogP contribution in [-0.2, 0) is 9.53 Å². The van der Waals surface area contributed by atoms with Crippen molar-refractivity contribution in [3.63, 3.8) is 0 Å². The van der Waals surface area contributed by atoms with Crippen molar-refractivity contribution in [3.05, 3.63) is 0 Å². The quantitative estimate of drug-likeness (QED) is 0.679. The molecule has 0 aromatic rings. The van der Waals surface area contributed by atoms with Gasteiger partial charge in [0, 0.05) is 44.7 Å². The molecule has 2 unspecified atom stereocenters. The van der Waals surface area contributed by atoms with Gasteiger partial charge in [-0.1, -0.05) is 6.42 Å². The third-order valence-electron chi connectivity index (χ3n) is 4.69. The SMILES string of the molecule is O=C1CC2CCCC(C1)N2CCCOCC1CC1. The molecule has 0 aromatic heterocycles. The van der Waals surface area contributed by atoms with E-state index in [9.17, 15) is 4.79 Å². The Morgan fingerprint density at radius 2 is 1.83 bits per heavy atom. The molecule has 0 spiro atoms. The number of hydrogen-bond donors (Lipinski definition) is 0. The number of fused-ring (bicyclic) bond motifs is 2. The van der Waals surface area contributed by atoms with E-state index >= 15 is 0 Å². The second-order valence-corrected chi connectivity index (χ2v) is 6.30. The summed E-state index contributed by atoms with van der Waals surface area (Å²) in [6, 6.07) is 1.10. The third kappa shape index (κ3) is 3.12. The van der Waals surface area contributed by atoms with Crippen LogP contribution in [0.1, 0.15) is 51.4 Å². The lowest BCUT2D eigenvalue weighted by Gasteiger charge is -2.45. The van der Waals surface area contributed by atoms with Gasteiger partial charge in [-0.05, 0) is 38.0 Å². The van der Waals surface area contributed by atoms with Crippen LogP contribution < -0.4 is 0 Å². The van der Waals surface area contributed by atoms with Crippen LogP contribution in [0.3, 0.4) is 0 Å². The summed E-state index contributed by atoms with van der Waals surface area (Å²) in [5, 5.41) is 0. The number of piperidine rings is 2. The van der Waals surface area contributed by atoms with Crippen molar-refractivity contribution >= 4 is 5.78 Å². The van der Waals surface area contributed by atoms with E-state index in [-0.39, 0.29) is 0 Å². The van der Waals surface area contributed by atoms with Gasteiger partial charge in [-0.25, -0.2) is 0 Å². The normalized spacial score (nSPS) is 32.8. The zero-order valence-electron chi connectivity index (χ0n) is 11.3. The number of hydrogen-bond acceptors (Lipinski definition) is 3. The molecule has 1 aliphatic carbocycles. The second kappa shape index (κ2) is 5.70. The van der Waals surface area contributed by atoms with Crippen molar-refractivity contribution in [2.45, 2.75) is 63.5 Å². The molecule has 18 heavy (non-hydrogen) atoms. The number of carbonyl (C=O) groups is 1. The van der Waals surface area contributed by atoms with E-state index in [4.69, 9.17) is 4.74 Å². The molecule has 3 rings (SSSR count). The molecule has 2 bridgehead atoms. The summed E-state index contributed by atoms with van der Waals surface area (Å²) in [4.78, 5) is 14.2. The van der Waals surface area contributed by atoms with Gasteiger partial charge in [-0.3, -0.25) is 9.69 Å². The van der Waals surface area contributed by atoms with Gasteiger partial charge < -0.3 is 4.74 Å². The standard InChI is InChI=1S/C15H25NO2/c17-15-9-13-3-1-4-14(10-15)16(13)7-2-8-18-11-12-5-6-12/h12-14H,1-11H2. The first kappa shape index (κ1) is 12.6. The van der Waals surface area contributed by atoms with Gasteiger partial charge in [0.05, 0.1) is 0 Å². The van der Waals surface area contributed by atoms with Crippen molar-refractivity contribution in [2.24, 2.45) is 5.92 Å². The Hall–Kier alpha value is -0.410.